The van der Waals surface area contributed by atoms with Crippen molar-refractivity contribution in [2.75, 3.05) is 13.1 Å². The van der Waals surface area contributed by atoms with Gasteiger partial charge in [-0.3, -0.25) is 9.59 Å². The summed E-state index contributed by atoms with van der Waals surface area (Å²) in [6.45, 7) is 3.09. The summed E-state index contributed by atoms with van der Waals surface area (Å²) in [5.74, 6) is 0.785. The van der Waals surface area contributed by atoms with Gasteiger partial charge in [0, 0.05) is 36.0 Å². The minimum Gasteiger partial charge on any atom is -0.470 e. The Balaban J connectivity index is 1.64. The fourth-order valence-electron chi connectivity index (χ4n) is 3.33. The van der Waals surface area contributed by atoms with Crippen molar-refractivity contribution in [3.63, 3.8) is 0 Å². The fraction of sp³-hybridized carbons (Fsp3) is 0.364. The highest BCUT2D eigenvalue weighted by Crippen LogP contribution is 2.25. The lowest BCUT2D eigenvalue weighted by molar-refractivity contribution is -0.124. The van der Waals surface area contributed by atoms with Crippen LogP contribution in [-0.4, -0.2) is 36.0 Å². The third-order valence-electron chi connectivity index (χ3n) is 4.98. The van der Waals surface area contributed by atoms with Crippen molar-refractivity contribution < 1.29 is 14.3 Å². The lowest BCUT2D eigenvalue weighted by Gasteiger charge is -2.36. The lowest BCUT2D eigenvalue weighted by Crippen LogP contribution is -2.49. The average Bonchev–Trinajstić information content (AvgIpc) is 2.75. The molecule has 1 aliphatic rings. The van der Waals surface area contributed by atoms with E-state index in [9.17, 15) is 9.59 Å². The Morgan fingerprint density at radius 2 is 1.75 bits per heavy atom. The zero-order valence-corrected chi connectivity index (χ0v) is 16.7. The molecule has 1 aliphatic heterocycles. The normalized spacial score (nSPS) is 15.7. The average molecular weight is 401 g/mol. The van der Waals surface area contributed by atoms with E-state index in [1.54, 1.807) is 24.3 Å². The molecule has 1 unspecified atom stereocenters. The molecule has 0 bridgehead atoms. The standard InChI is InChI=1S/C22H25ClN2O3/c1-2-20(26)24-21(28-19-10-8-18(23)9-11-19)16-12-14-25(15-13-16)22(27)17-6-4-3-5-7-17/h3-11,16,21H,2,12-15H2,1H3,(H,24,26). The monoisotopic (exact) mass is 400 g/mol. The van der Waals surface area contributed by atoms with Crippen molar-refractivity contribution in [3.8, 4) is 5.75 Å². The van der Waals surface area contributed by atoms with Gasteiger partial charge in [-0.25, -0.2) is 0 Å². The summed E-state index contributed by atoms with van der Waals surface area (Å²) in [6, 6.07) is 16.4. The molecule has 28 heavy (non-hydrogen) atoms. The van der Waals surface area contributed by atoms with Crippen LogP contribution in [0.2, 0.25) is 5.02 Å². The Labute approximate surface area is 170 Å². The molecular weight excluding hydrogens is 376 g/mol. The van der Waals surface area contributed by atoms with E-state index in [1.807, 2.05) is 42.2 Å². The van der Waals surface area contributed by atoms with Crippen LogP contribution in [0.15, 0.2) is 54.6 Å². The topological polar surface area (TPSA) is 58.6 Å². The van der Waals surface area contributed by atoms with Gasteiger partial charge < -0.3 is 15.0 Å². The number of carbonyl (C=O) groups excluding carboxylic acids is 2. The van der Waals surface area contributed by atoms with E-state index in [-0.39, 0.29) is 17.7 Å². The molecular formula is C22H25ClN2O3. The molecule has 1 saturated heterocycles. The lowest BCUT2D eigenvalue weighted by atomic mass is 9.94. The molecule has 0 radical (unpaired) electrons. The predicted octanol–water partition coefficient (Wildman–Crippen LogP) is 4.12. The van der Waals surface area contributed by atoms with Crippen LogP contribution in [0, 0.1) is 5.92 Å². The number of nitrogens with zero attached hydrogens (tertiary/aromatic N) is 1. The van der Waals surface area contributed by atoms with Gasteiger partial charge in [-0.15, -0.1) is 0 Å². The first kappa shape index (κ1) is 20.2. The summed E-state index contributed by atoms with van der Waals surface area (Å²) in [7, 11) is 0. The summed E-state index contributed by atoms with van der Waals surface area (Å²) in [5.41, 5.74) is 0.703. The maximum atomic E-state index is 12.6. The van der Waals surface area contributed by atoms with E-state index < -0.39 is 6.23 Å². The molecule has 1 heterocycles. The fourth-order valence-corrected chi connectivity index (χ4v) is 3.46. The second kappa shape index (κ2) is 9.60. The van der Waals surface area contributed by atoms with Gasteiger partial charge in [0.1, 0.15) is 5.75 Å². The molecule has 6 heteroatoms. The van der Waals surface area contributed by atoms with Crippen molar-refractivity contribution in [1.82, 2.24) is 10.2 Å². The molecule has 1 atom stereocenters. The highest BCUT2D eigenvalue weighted by Gasteiger charge is 2.31. The number of hydrogen-bond acceptors (Lipinski definition) is 3. The third-order valence-corrected chi connectivity index (χ3v) is 5.23. The Hall–Kier alpha value is -2.53. The first-order chi connectivity index (χ1) is 13.6. The molecule has 148 valence electrons. The highest BCUT2D eigenvalue weighted by atomic mass is 35.5. The van der Waals surface area contributed by atoms with E-state index >= 15 is 0 Å². The molecule has 0 aliphatic carbocycles. The van der Waals surface area contributed by atoms with E-state index in [1.165, 1.54) is 0 Å². The SMILES string of the molecule is CCC(=O)NC(Oc1ccc(Cl)cc1)C1CCN(C(=O)c2ccccc2)CC1. The van der Waals surface area contributed by atoms with E-state index in [4.69, 9.17) is 16.3 Å². The van der Waals surface area contributed by atoms with Gasteiger partial charge >= 0.3 is 0 Å². The highest BCUT2D eigenvalue weighted by molar-refractivity contribution is 6.30. The maximum absolute atomic E-state index is 12.6. The number of rotatable bonds is 6. The summed E-state index contributed by atoms with van der Waals surface area (Å²) in [4.78, 5) is 26.5. The van der Waals surface area contributed by atoms with E-state index in [0.717, 1.165) is 12.8 Å². The van der Waals surface area contributed by atoms with Crippen LogP contribution in [0.25, 0.3) is 0 Å². The number of piperidine rings is 1. The van der Waals surface area contributed by atoms with Crippen LogP contribution in [0.1, 0.15) is 36.5 Å². The molecule has 3 rings (SSSR count). The maximum Gasteiger partial charge on any atom is 0.253 e. The summed E-state index contributed by atoms with van der Waals surface area (Å²) in [6.07, 6.45) is 1.50. The number of likely N-dealkylation sites (tertiary alicyclic amines) is 1. The summed E-state index contributed by atoms with van der Waals surface area (Å²) < 4.78 is 6.07. The zero-order chi connectivity index (χ0) is 19.9. The number of amides is 2. The van der Waals surface area contributed by atoms with Crippen LogP contribution in [0.3, 0.4) is 0 Å². The molecule has 0 spiro atoms. The Morgan fingerprint density at radius 1 is 1.11 bits per heavy atom. The Bertz CT molecular complexity index is 787. The first-order valence-electron chi connectivity index (χ1n) is 9.62. The van der Waals surface area contributed by atoms with Gasteiger partial charge in [-0.05, 0) is 49.2 Å². The van der Waals surface area contributed by atoms with Crippen LogP contribution < -0.4 is 10.1 Å². The zero-order valence-electron chi connectivity index (χ0n) is 15.9. The number of carbonyl (C=O) groups is 2. The van der Waals surface area contributed by atoms with Gasteiger partial charge in [0.05, 0.1) is 0 Å². The van der Waals surface area contributed by atoms with Gasteiger partial charge in [-0.1, -0.05) is 36.7 Å². The third kappa shape index (κ3) is 5.26. The molecule has 2 aromatic carbocycles. The van der Waals surface area contributed by atoms with Crippen molar-refractivity contribution in [2.24, 2.45) is 5.92 Å². The number of nitrogens with one attached hydrogen (secondary N) is 1. The quantitative estimate of drug-likeness (QED) is 0.742. The molecule has 0 aromatic heterocycles. The van der Waals surface area contributed by atoms with Crippen LogP contribution in [-0.2, 0) is 4.79 Å². The van der Waals surface area contributed by atoms with Crippen molar-refractivity contribution in [3.05, 3.63) is 65.2 Å². The van der Waals surface area contributed by atoms with Crippen LogP contribution in [0.5, 0.6) is 5.75 Å². The Kier molecular flexibility index (Phi) is 6.93. The molecule has 5 nitrogen and oxygen atoms in total. The second-order valence-electron chi connectivity index (χ2n) is 6.91. The number of hydrogen-bond donors (Lipinski definition) is 1. The molecule has 1 fully saturated rings. The van der Waals surface area contributed by atoms with Gasteiger partial charge in [0.25, 0.3) is 5.91 Å². The van der Waals surface area contributed by atoms with Crippen LogP contribution in [0.4, 0.5) is 0 Å². The molecule has 2 amide bonds. The van der Waals surface area contributed by atoms with Crippen molar-refractivity contribution in [2.45, 2.75) is 32.4 Å². The first-order valence-corrected chi connectivity index (χ1v) is 10.0. The Morgan fingerprint density at radius 3 is 2.36 bits per heavy atom. The predicted molar refractivity (Wildman–Crippen MR) is 109 cm³/mol. The number of ether oxygens (including phenoxy) is 1. The summed E-state index contributed by atoms with van der Waals surface area (Å²) in [5, 5.41) is 3.61. The number of halogens is 1. The molecule has 2 aromatic rings. The van der Waals surface area contributed by atoms with Gasteiger partial charge in [0.2, 0.25) is 5.91 Å². The minimum atomic E-state index is -0.428. The largest absolute Gasteiger partial charge is 0.470 e. The van der Waals surface area contributed by atoms with Crippen molar-refractivity contribution >= 4 is 23.4 Å². The second-order valence-corrected chi connectivity index (χ2v) is 7.35. The van der Waals surface area contributed by atoms with E-state index in [0.29, 0.717) is 35.8 Å². The molecule has 0 saturated carbocycles. The van der Waals surface area contributed by atoms with Crippen LogP contribution >= 0.6 is 11.6 Å². The summed E-state index contributed by atoms with van der Waals surface area (Å²) >= 11 is 5.94. The van der Waals surface area contributed by atoms with E-state index in [2.05, 4.69) is 5.32 Å². The van der Waals surface area contributed by atoms with Gasteiger partial charge in [-0.2, -0.15) is 0 Å². The van der Waals surface area contributed by atoms with Gasteiger partial charge in [0.15, 0.2) is 6.23 Å². The smallest absolute Gasteiger partial charge is 0.253 e. The minimum absolute atomic E-state index is 0.0480. The number of benzene rings is 2. The van der Waals surface area contributed by atoms with Crippen molar-refractivity contribution in [1.29, 1.82) is 0 Å². The molecule has 1 N–H and O–H groups in total.